The number of rotatable bonds is 6. The molecule has 1 aromatic carbocycles. The van der Waals surface area contributed by atoms with Gasteiger partial charge in [0, 0.05) is 19.0 Å². The Labute approximate surface area is 118 Å². The average molecular weight is 296 g/mol. The topological polar surface area (TPSA) is 88.4 Å². The third-order valence-corrected chi connectivity index (χ3v) is 4.29. The molecule has 1 N–H and O–H groups in total. The summed E-state index contributed by atoms with van der Waals surface area (Å²) in [4.78, 5) is 0.155. The Kier molecular flexibility index (Phi) is 4.82. The van der Waals surface area contributed by atoms with E-state index in [4.69, 9.17) is 14.7 Å². The summed E-state index contributed by atoms with van der Waals surface area (Å²) in [6.07, 6.45) is 1.75. The average Bonchev–Trinajstić information content (AvgIpc) is 2.46. The maximum absolute atomic E-state index is 12.1. The zero-order valence-corrected chi connectivity index (χ0v) is 11.8. The van der Waals surface area contributed by atoms with Gasteiger partial charge in [-0.1, -0.05) is 0 Å². The highest BCUT2D eigenvalue weighted by Gasteiger charge is 2.18. The molecule has 0 saturated carbocycles. The van der Waals surface area contributed by atoms with E-state index >= 15 is 0 Å². The third kappa shape index (κ3) is 3.62. The van der Waals surface area contributed by atoms with Gasteiger partial charge in [-0.25, -0.2) is 13.1 Å². The summed E-state index contributed by atoms with van der Waals surface area (Å²) in [6.45, 7) is 1.20. The number of nitriles is 1. The molecule has 0 fully saturated rings. The summed E-state index contributed by atoms with van der Waals surface area (Å²) < 4.78 is 37.4. The molecule has 0 aliphatic carbocycles. The fraction of sp³-hybridized carbons (Fsp3) is 0.462. The molecule has 6 nitrogen and oxygen atoms in total. The molecular formula is C13H16N2O4S. The smallest absolute Gasteiger partial charge is 0.240 e. The summed E-state index contributed by atoms with van der Waals surface area (Å²) >= 11 is 0. The van der Waals surface area contributed by atoms with Gasteiger partial charge in [0.25, 0.3) is 0 Å². The van der Waals surface area contributed by atoms with Gasteiger partial charge in [0.15, 0.2) is 11.5 Å². The number of ether oxygens (including phenoxy) is 2. The van der Waals surface area contributed by atoms with Crippen LogP contribution in [-0.4, -0.2) is 28.2 Å². The van der Waals surface area contributed by atoms with Crippen molar-refractivity contribution < 1.29 is 17.9 Å². The van der Waals surface area contributed by atoms with Crippen molar-refractivity contribution >= 4 is 10.0 Å². The molecule has 0 bridgehead atoms. The number of benzene rings is 1. The van der Waals surface area contributed by atoms with Gasteiger partial charge in [0.05, 0.1) is 11.0 Å². The molecule has 1 aliphatic heterocycles. The van der Waals surface area contributed by atoms with Crippen molar-refractivity contribution in [1.82, 2.24) is 4.72 Å². The molecule has 0 amide bonds. The summed E-state index contributed by atoms with van der Waals surface area (Å²) in [5.74, 6) is 1.01. The Bertz CT molecular complexity index is 607. The summed E-state index contributed by atoms with van der Waals surface area (Å²) in [5, 5.41) is 8.40. The number of nitrogens with zero attached hydrogens (tertiary/aromatic N) is 1. The first-order chi connectivity index (χ1) is 9.63. The van der Waals surface area contributed by atoms with Gasteiger partial charge in [-0.2, -0.15) is 5.26 Å². The second kappa shape index (κ2) is 6.59. The molecule has 1 heterocycles. The van der Waals surface area contributed by atoms with E-state index in [0.29, 0.717) is 50.5 Å². The fourth-order valence-electron chi connectivity index (χ4n) is 1.81. The van der Waals surface area contributed by atoms with E-state index < -0.39 is 10.0 Å². The van der Waals surface area contributed by atoms with Crippen LogP contribution >= 0.6 is 0 Å². The van der Waals surface area contributed by atoms with Gasteiger partial charge in [-0.15, -0.1) is 0 Å². The second-order valence-corrected chi connectivity index (χ2v) is 6.09. The quantitative estimate of drug-likeness (QED) is 0.802. The van der Waals surface area contributed by atoms with Crippen LogP contribution in [-0.2, 0) is 10.0 Å². The van der Waals surface area contributed by atoms with E-state index in [1.165, 1.54) is 12.1 Å². The van der Waals surface area contributed by atoms with Crippen LogP contribution in [0.5, 0.6) is 11.5 Å². The lowest BCUT2D eigenvalue weighted by Gasteiger charge is -2.18. The molecule has 2 rings (SSSR count). The molecule has 0 unspecified atom stereocenters. The van der Waals surface area contributed by atoms with Crippen LogP contribution in [0.3, 0.4) is 0 Å². The molecule has 0 aromatic heterocycles. The van der Waals surface area contributed by atoms with Crippen LogP contribution in [0, 0.1) is 11.3 Å². The Hall–Kier alpha value is -1.78. The van der Waals surface area contributed by atoms with Crippen molar-refractivity contribution in [1.29, 1.82) is 5.26 Å². The van der Waals surface area contributed by atoms with Crippen molar-refractivity contribution in [3.05, 3.63) is 18.2 Å². The first-order valence-corrected chi connectivity index (χ1v) is 7.88. The Morgan fingerprint density at radius 1 is 1.20 bits per heavy atom. The van der Waals surface area contributed by atoms with E-state index in [2.05, 4.69) is 4.72 Å². The molecule has 20 heavy (non-hydrogen) atoms. The van der Waals surface area contributed by atoms with E-state index in [0.717, 1.165) is 0 Å². The lowest BCUT2D eigenvalue weighted by Crippen LogP contribution is -2.25. The zero-order valence-electron chi connectivity index (χ0n) is 11.0. The largest absolute Gasteiger partial charge is 0.486 e. The first kappa shape index (κ1) is 14.6. The molecule has 108 valence electrons. The Morgan fingerprint density at radius 3 is 2.70 bits per heavy atom. The van der Waals surface area contributed by atoms with Crippen LogP contribution in [0.2, 0.25) is 0 Å². The van der Waals surface area contributed by atoms with Gasteiger partial charge in [-0.3, -0.25) is 0 Å². The molecule has 7 heteroatoms. The van der Waals surface area contributed by atoms with Crippen molar-refractivity contribution in [2.24, 2.45) is 0 Å². The number of nitrogens with one attached hydrogen (secondary N) is 1. The van der Waals surface area contributed by atoms with Crippen molar-refractivity contribution in [3.8, 4) is 17.6 Å². The van der Waals surface area contributed by atoms with Gasteiger partial charge < -0.3 is 9.47 Å². The summed E-state index contributed by atoms with van der Waals surface area (Å²) in [5.41, 5.74) is 0. The highest BCUT2D eigenvalue weighted by molar-refractivity contribution is 7.89. The first-order valence-electron chi connectivity index (χ1n) is 6.40. The van der Waals surface area contributed by atoms with Crippen LogP contribution in [0.15, 0.2) is 23.1 Å². The van der Waals surface area contributed by atoms with Gasteiger partial charge in [0.2, 0.25) is 10.0 Å². The van der Waals surface area contributed by atoms with E-state index in [1.54, 1.807) is 6.07 Å². The van der Waals surface area contributed by atoms with E-state index in [-0.39, 0.29) is 4.90 Å². The number of fused-ring (bicyclic) bond motifs is 1. The molecule has 0 radical (unpaired) electrons. The normalized spacial score (nSPS) is 13.8. The third-order valence-electron chi connectivity index (χ3n) is 2.83. The van der Waals surface area contributed by atoms with Gasteiger partial charge in [-0.05, 0) is 25.0 Å². The summed E-state index contributed by atoms with van der Waals surface area (Å²) in [7, 11) is -3.55. The molecule has 1 aliphatic rings. The second-order valence-electron chi connectivity index (χ2n) is 4.32. The van der Waals surface area contributed by atoms with Crippen molar-refractivity contribution in [2.75, 3.05) is 19.8 Å². The maximum Gasteiger partial charge on any atom is 0.240 e. The minimum atomic E-state index is -3.55. The van der Waals surface area contributed by atoms with Gasteiger partial charge in [0.1, 0.15) is 13.2 Å². The molecular weight excluding hydrogens is 280 g/mol. The number of unbranched alkanes of at least 4 members (excludes halogenated alkanes) is 2. The lowest BCUT2D eigenvalue weighted by atomic mass is 10.2. The van der Waals surface area contributed by atoms with Crippen molar-refractivity contribution in [3.63, 3.8) is 0 Å². The Balaban J connectivity index is 2.00. The minimum absolute atomic E-state index is 0.155. The number of hydrogen-bond donors (Lipinski definition) is 1. The molecule has 0 saturated heterocycles. The van der Waals surface area contributed by atoms with Crippen LogP contribution in [0.1, 0.15) is 19.3 Å². The van der Waals surface area contributed by atoms with Crippen molar-refractivity contribution in [2.45, 2.75) is 24.2 Å². The summed E-state index contributed by atoms with van der Waals surface area (Å²) in [6, 6.07) is 6.58. The van der Waals surface area contributed by atoms with Crippen LogP contribution in [0.25, 0.3) is 0 Å². The van der Waals surface area contributed by atoms with E-state index in [1.807, 2.05) is 6.07 Å². The van der Waals surface area contributed by atoms with Gasteiger partial charge >= 0.3 is 0 Å². The Morgan fingerprint density at radius 2 is 1.95 bits per heavy atom. The molecule has 0 spiro atoms. The number of sulfonamides is 1. The van der Waals surface area contributed by atoms with E-state index in [9.17, 15) is 8.42 Å². The highest BCUT2D eigenvalue weighted by atomic mass is 32.2. The fourth-order valence-corrected chi connectivity index (χ4v) is 2.90. The molecule has 1 aromatic rings. The monoisotopic (exact) mass is 296 g/mol. The standard InChI is InChI=1S/C13H16N2O4S/c14-6-2-1-3-7-15-20(16,17)11-4-5-12-13(10-11)19-9-8-18-12/h4-5,10,15H,1-3,7-9H2. The number of hydrogen-bond acceptors (Lipinski definition) is 5. The predicted octanol–water partition coefficient (Wildman–Crippen LogP) is 1.43. The molecule has 0 atom stereocenters. The van der Waals surface area contributed by atoms with Crippen LogP contribution < -0.4 is 14.2 Å². The highest BCUT2D eigenvalue weighted by Crippen LogP contribution is 2.32. The minimum Gasteiger partial charge on any atom is -0.486 e. The maximum atomic E-state index is 12.1. The zero-order chi connectivity index (χ0) is 14.4. The predicted molar refractivity (Wildman–Crippen MR) is 72.1 cm³/mol. The van der Waals surface area contributed by atoms with Crippen LogP contribution in [0.4, 0.5) is 0 Å². The SMILES string of the molecule is N#CCCCCNS(=O)(=O)c1ccc2c(c1)OCCO2. The lowest BCUT2D eigenvalue weighted by molar-refractivity contribution is 0.171.